The van der Waals surface area contributed by atoms with Gasteiger partial charge in [-0.05, 0) is 18.7 Å². The molecule has 2 aliphatic rings. The number of hydrogen-bond donors (Lipinski definition) is 5. The van der Waals surface area contributed by atoms with Crippen LogP contribution in [-0.4, -0.2) is 81.8 Å². The summed E-state index contributed by atoms with van der Waals surface area (Å²) < 4.78 is 25.5. The van der Waals surface area contributed by atoms with Crippen molar-refractivity contribution in [1.82, 2.24) is 29.1 Å². The summed E-state index contributed by atoms with van der Waals surface area (Å²) in [7, 11) is 0. The predicted molar refractivity (Wildman–Crippen MR) is 133 cm³/mol. The third kappa shape index (κ3) is 5.29. The van der Waals surface area contributed by atoms with Crippen molar-refractivity contribution in [2.24, 2.45) is 0 Å². The van der Waals surface area contributed by atoms with Gasteiger partial charge in [-0.3, -0.25) is 18.9 Å². The highest BCUT2D eigenvalue weighted by atomic mass is 32.5. The van der Waals surface area contributed by atoms with E-state index in [2.05, 4.69) is 19.9 Å². The Morgan fingerprint density at radius 2 is 1.95 bits per heavy atom. The summed E-state index contributed by atoms with van der Waals surface area (Å²) in [4.78, 5) is 49.0. The van der Waals surface area contributed by atoms with Crippen molar-refractivity contribution >= 4 is 35.5 Å². The third-order valence-corrected chi connectivity index (χ3v) is 7.98. The van der Waals surface area contributed by atoms with E-state index in [4.69, 9.17) is 36.1 Å². The maximum absolute atomic E-state index is 12.2. The third-order valence-electron chi connectivity index (χ3n) is 6.39. The minimum atomic E-state index is -3.88. The van der Waals surface area contributed by atoms with E-state index in [-0.39, 0.29) is 25.3 Å². The van der Waals surface area contributed by atoms with Crippen molar-refractivity contribution in [2.75, 3.05) is 18.9 Å². The van der Waals surface area contributed by atoms with E-state index >= 15 is 0 Å². The lowest BCUT2D eigenvalue weighted by molar-refractivity contribution is -0.0521. The molecule has 2 aliphatic heterocycles. The number of nitrogens with two attached hydrogens (primary N) is 1. The van der Waals surface area contributed by atoms with Crippen LogP contribution in [0.3, 0.4) is 0 Å². The van der Waals surface area contributed by atoms with Gasteiger partial charge in [0.25, 0.3) is 5.56 Å². The number of nitrogens with zero attached hydrogens (tertiary/aromatic N) is 5. The van der Waals surface area contributed by atoms with E-state index in [1.165, 1.54) is 30.3 Å². The van der Waals surface area contributed by atoms with Crippen LogP contribution in [0, 0.1) is 6.92 Å². The van der Waals surface area contributed by atoms with Crippen LogP contribution in [-0.2, 0) is 30.3 Å². The molecule has 2 fully saturated rings. The lowest BCUT2D eigenvalue weighted by atomic mass is 10.2. The van der Waals surface area contributed by atoms with Gasteiger partial charge in [0.05, 0.1) is 31.7 Å². The Morgan fingerprint density at radius 3 is 2.71 bits per heavy atom. The number of aromatic amines is 1. The van der Waals surface area contributed by atoms with Crippen molar-refractivity contribution in [3.05, 3.63) is 45.3 Å². The fourth-order valence-corrected chi connectivity index (χ4v) is 5.91. The number of H-pyrrole nitrogens is 1. The standard InChI is InChI=1S/C20H26N7O9PS/c1-9-4-26(20(31)25-19(9)30)14-2-10(29)13(35-14)6-33-37(32,38)36-11-3-15(34-12(11)5-28)27-8-24-16-17(21)22-7-23-18(16)27/h4,7-8,10-15,28-29H,2-3,5-6H2,1H3,(H,32,38)(H2,21,22,23)(H,25,30,31)/t10?,11?,12-,13-,14?,15-,37?/m1/s1. The zero-order valence-corrected chi connectivity index (χ0v) is 21.7. The van der Waals surface area contributed by atoms with Crippen LogP contribution < -0.4 is 17.0 Å². The second kappa shape index (κ2) is 10.5. The Kier molecular flexibility index (Phi) is 7.47. The highest BCUT2D eigenvalue weighted by molar-refractivity contribution is 8.07. The number of anilines is 1. The number of aliphatic hydroxyl groups excluding tert-OH is 2. The van der Waals surface area contributed by atoms with Crippen LogP contribution in [0.25, 0.3) is 11.2 Å². The molecule has 5 heterocycles. The molecule has 18 heteroatoms. The highest BCUT2D eigenvalue weighted by Gasteiger charge is 2.42. The molecule has 0 saturated carbocycles. The number of nitrogen functional groups attached to an aromatic ring is 1. The summed E-state index contributed by atoms with van der Waals surface area (Å²) in [6.07, 6.45) is -0.787. The van der Waals surface area contributed by atoms with E-state index in [9.17, 15) is 24.7 Å². The van der Waals surface area contributed by atoms with Gasteiger partial charge in [-0.15, -0.1) is 0 Å². The summed E-state index contributed by atoms with van der Waals surface area (Å²) in [6.45, 7) is -3.09. The smallest absolute Gasteiger partial charge is 0.330 e. The van der Waals surface area contributed by atoms with Crippen LogP contribution in [0.15, 0.2) is 28.4 Å². The fourth-order valence-electron chi connectivity index (χ4n) is 4.43. The van der Waals surface area contributed by atoms with Gasteiger partial charge in [0.15, 0.2) is 11.5 Å². The number of aliphatic hydroxyl groups is 2. The molecular weight excluding hydrogens is 545 g/mol. The average molecular weight is 572 g/mol. The van der Waals surface area contributed by atoms with Gasteiger partial charge in [0.2, 0.25) is 0 Å². The molecular formula is C20H26N7O9PS. The van der Waals surface area contributed by atoms with Gasteiger partial charge in [0, 0.05) is 24.6 Å². The molecule has 0 aromatic carbocycles. The topological polar surface area (TPSA) is 222 Å². The number of ether oxygens (including phenoxy) is 2. The van der Waals surface area contributed by atoms with E-state index in [1.807, 2.05) is 0 Å². The molecule has 16 nitrogen and oxygen atoms in total. The van der Waals surface area contributed by atoms with Crippen molar-refractivity contribution in [1.29, 1.82) is 0 Å². The van der Waals surface area contributed by atoms with Crippen LogP contribution in [0.5, 0.6) is 0 Å². The van der Waals surface area contributed by atoms with Gasteiger partial charge in [-0.1, -0.05) is 0 Å². The Morgan fingerprint density at radius 1 is 1.21 bits per heavy atom. The Bertz CT molecular complexity index is 1500. The number of aryl methyl sites for hydroxylation is 1. The molecule has 4 unspecified atom stereocenters. The van der Waals surface area contributed by atoms with Crippen LogP contribution >= 0.6 is 6.72 Å². The van der Waals surface area contributed by atoms with Crippen LogP contribution in [0.2, 0.25) is 0 Å². The van der Waals surface area contributed by atoms with Gasteiger partial charge >= 0.3 is 12.4 Å². The molecule has 3 aromatic rings. The van der Waals surface area contributed by atoms with Crippen molar-refractivity contribution < 1.29 is 33.6 Å². The summed E-state index contributed by atoms with van der Waals surface area (Å²) in [6, 6.07) is 0. The van der Waals surface area contributed by atoms with E-state index in [0.717, 1.165) is 0 Å². The first-order valence-corrected chi connectivity index (χ1v) is 14.2. The molecule has 3 aromatic heterocycles. The molecule has 0 amide bonds. The number of hydrogen-bond acceptors (Lipinski definition) is 13. The van der Waals surface area contributed by atoms with Crippen molar-refractivity contribution in [3.63, 3.8) is 0 Å². The molecule has 7 atom stereocenters. The monoisotopic (exact) mass is 571 g/mol. The first kappa shape index (κ1) is 27.0. The second-order valence-electron chi connectivity index (χ2n) is 8.95. The molecule has 38 heavy (non-hydrogen) atoms. The first-order valence-electron chi connectivity index (χ1n) is 11.6. The Labute approximate surface area is 219 Å². The van der Waals surface area contributed by atoms with Crippen molar-refractivity contribution in [2.45, 2.75) is 56.6 Å². The minimum Gasteiger partial charge on any atom is -0.394 e. The minimum absolute atomic E-state index is 0.0479. The molecule has 206 valence electrons. The normalized spacial score (nSPS) is 29.2. The number of imidazole rings is 1. The van der Waals surface area contributed by atoms with Crippen LogP contribution in [0.1, 0.15) is 30.9 Å². The maximum Gasteiger partial charge on any atom is 0.330 e. The fraction of sp³-hybridized carbons (Fsp3) is 0.550. The quantitative estimate of drug-likeness (QED) is 0.201. The molecule has 0 radical (unpaired) electrons. The lowest BCUT2D eigenvalue weighted by Gasteiger charge is -2.24. The molecule has 6 N–H and O–H groups in total. The largest absolute Gasteiger partial charge is 0.394 e. The lowest BCUT2D eigenvalue weighted by Crippen LogP contribution is -2.33. The molecule has 5 rings (SSSR count). The van der Waals surface area contributed by atoms with Gasteiger partial charge in [-0.25, -0.2) is 19.7 Å². The zero-order valence-electron chi connectivity index (χ0n) is 20.0. The second-order valence-corrected chi connectivity index (χ2v) is 11.7. The van der Waals surface area contributed by atoms with E-state index < -0.39 is 61.4 Å². The number of rotatable bonds is 8. The van der Waals surface area contributed by atoms with Crippen LogP contribution in [0.4, 0.5) is 5.82 Å². The summed E-state index contributed by atoms with van der Waals surface area (Å²) in [5.41, 5.74) is 5.77. The molecule has 0 aliphatic carbocycles. The van der Waals surface area contributed by atoms with Crippen molar-refractivity contribution in [3.8, 4) is 0 Å². The van der Waals surface area contributed by atoms with Gasteiger partial charge in [-0.2, -0.15) is 0 Å². The summed E-state index contributed by atoms with van der Waals surface area (Å²) in [5.74, 6) is 0.205. The number of aromatic nitrogens is 6. The molecule has 0 bridgehead atoms. The number of nitrogens with one attached hydrogen (secondary N) is 1. The van der Waals surface area contributed by atoms with Gasteiger partial charge in [0.1, 0.15) is 36.5 Å². The highest BCUT2D eigenvalue weighted by Crippen LogP contribution is 2.49. The van der Waals surface area contributed by atoms with Gasteiger partial charge < -0.3 is 39.4 Å². The summed E-state index contributed by atoms with van der Waals surface area (Å²) in [5, 5.41) is 20.2. The maximum atomic E-state index is 12.2. The summed E-state index contributed by atoms with van der Waals surface area (Å²) >= 11 is 5.16. The molecule has 0 spiro atoms. The Hall–Kier alpha value is -2.60. The van der Waals surface area contributed by atoms with E-state index in [0.29, 0.717) is 16.7 Å². The molecule has 2 saturated heterocycles. The van der Waals surface area contributed by atoms with E-state index in [1.54, 1.807) is 4.57 Å². The Balaban J connectivity index is 1.22. The SMILES string of the molecule is Cc1cn(C2CC(O)[C@@H](COP(O)(=S)OC3C[C@H](n4cnc5c(N)ncnc54)O[C@@H]3CO)O2)c(=O)[nH]c1=O. The first-order chi connectivity index (χ1) is 18.1. The zero-order chi connectivity index (χ0) is 27.2. The predicted octanol–water partition coefficient (Wildman–Crippen LogP) is -1.19. The average Bonchev–Trinajstić information content (AvgIpc) is 3.57. The number of fused-ring (bicyclic) bond motifs is 1.